The molecule has 0 bridgehead atoms. The first kappa shape index (κ1) is 17.7. The molecule has 0 aromatic heterocycles. The van der Waals surface area contributed by atoms with Gasteiger partial charge in [-0.2, -0.15) is 0 Å². The van der Waals surface area contributed by atoms with Crippen LogP contribution in [-0.2, 0) is 5.60 Å². The number of aliphatic hydroxyl groups is 1. The summed E-state index contributed by atoms with van der Waals surface area (Å²) in [7, 11) is 2.30. The molecule has 0 atom stereocenters. The topological polar surface area (TPSA) is 20.2 Å². The third-order valence-electron chi connectivity index (χ3n) is 5.33. The van der Waals surface area contributed by atoms with E-state index in [0.29, 0.717) is 6.42 Å². The van der Waals surface area contributed by atoms with Crippen molar-refractivity contribution >= 4 is 0 Å². The molecule has 0 aliphatic carbocycles. The molecule has 3 rings (SSSR count). The van der Waals surface area contributed by atoms with Crippen molar-refractivity contribution in [2.24, 2.45) is 0 Å². The lowest BCUT2D eigenvalue weighted by Gasteiger charge is -2.36. The Morgan fingerprint density at radius 1 is 0.840 bits per heavy atom. The van der Waals surface area contributed by atoms with Gasteiger partial charge >= 0.3 is 0 Å². The van der Waals surface area contributed by atoms with Crippen LogP contribution in [0.15, 0.2) is 60.7 Å². The molecule has 0 saturated carbocycles. The normalized spacial score (nSPS) is 16.7. The SMILES string of the molecule is C[N+]1(CC#CCC(O)(c2ccccc2)c2ccccc2)CCCCC1. The number of quaternary nitrogens is 1. The van der Waals surface area contributed by atoms with Crippen molar-refractivity contribution in [2.75, 3.05) is 26.7 Å². The Labute approximate surface area is 151 Å². The number of hydrogen-bond acceptors (Lipinski definition) is 1. The van der Waals surface area contributed by atoms with Gasteiger partial charge in [0.05, 0.1) is 20.1 Å². The van der Waals surface area contributed by atoms with Crippen molar-refractivity contribution in [2.45, 2.75) is 31.3 Å². The second kappa shape index (κ2) is 7.87. The summed E-state index contributed by atoms with van der Waals surface area (Å²) in [6.45, 7) is 3.31. The summed E-state index contributed by atoms with van der Waals surface area (Å²) < 4.78 is 1.04. The fourth-order valence-electron chi connectivity index (χ4n) is 3.67. The Morgan fingerprint density at radius 3 is 1.88 bits per heavy atom. The molecular weight excluding hydrogens is 306 g/mol. The zero-order chi connectivity index (χ0) is 17.6. The Bertz CT molecular complexity index is 681. The van der Waals surface area contributed by atoms with Crippen LogP contribution in [-0.4, -0.2) is 36.3 Å². The number of rotatable bonds is 4. The standard InChI is InChI=1S/C23H28NO/c1-24(18-10-4-11-19-24)20-12-9-17-23(25,21-13-5-2-6-14-21)22-15-7-3-8-16-22/h2-3,5-8,13-16,25H,4,10-11,17-20H2,1H3/q+1. The van der Waals surface area contributed by atoms with Gasteiger partial charge in [0.25, 0.3) is 0 Å². The van der Waals surface area contributed by atoms with E-state index in [0.717, 1.165) is 22.2 Å². The lowest BCUT2D eigenvalue weighted by Crippen LogP contribution is -2.48. The molecule has 0 radical (unpaired) electrons. The van der Waals surface area contributed by atoms with E-state index >= 15 is 0 Å². The zero-order valence-electron chi connectivity index (χ0n) is 15.1. The molecule has 2 aromatic rings. The smallest absolute Gasteiger partial charge is 0.140 e. The third kappa shape index (κ3) is 4.31. The molecule has 1 saturated heterocycles. The van der Waals surface area contributed by atoms with E-state index in [4.69, 9.17) is 0 Å². The Morgan fingerprint density at radius 2 is 1.36 bits per heavy atom. The van der Waals surface area contributed by atoms with Gasteiger partial charge in [0.2, 0.25) is 0 Å². The molecule has 2 heteroatoms. The van der Waals surface area contributed by atoms with Crippen LogP contribution in [0.1, 0.15) is 36.8 Å². The number of hydrogen-bond donors (Lipinski definition) is 1. The molecule has 130 valence electrons. The number of nitrogens with zero attached hydrogens (tertiary/aromatic N) is 1. The van der Waals surface area contributed by atoms with Crippen LogP contribution in [0.3, 0.4) is 0 Å². The van der Waals surface area contributed by atoms with Crippen LogP contribution >= 0.6 is 0 Å². The average Bonchev–Trinajstić information content (AvgIpc) is 2.67. The van der Waals surface area contributed by atoms with Crippen LogP contribution in [0.25, 0.3) is 0 Å². The minimum atomic E-state index is -1.06. The predicted molar refractivity (Wildman–Crippen MR) is 103 cm³/mol. The minimum Gasteiger partial charge on any atom is -0.379 e. The van der Waals surface area contributed by atoms with Gasteiger partial charge in [0, 0.05) is 6.42 Å². The van der Waals surface area contributed by atoms with Gasteiger partial charge in [-0.25, -0.2) is 0 Å². The fraction of sp³-hybridized carbons (Fsp3) is 0.391. The van der Waals surface area contributed by atoms with Crippen LogP contribution < -0.4 is 0 Å². The van der Waals surface area contributed by atoms with Crippen molar-refractivity contribution in [1.82, 2.24) is 0 Å². The van der Waals surface area contributed by atoms with Gasteiger partial charge in [-0.3, -0.25) is 0 Å². The van der Waals surface area contributed by atoms with Gasteiger partial charge < -0.3 is 9.59 Å². The number of benzene rings is 2. The van der Waals surface area contributed by atoms with E-state index in [2.05, 4.69) is 18.9 Å². The van der Waals surface area contributed by atoms with E-state index in [1.165, 1.54) is 32.4 Å². The number of likely N-dealkylation sites (tertiary alicyclic amines) is 1. The van der Waals surface area contributed by atoms with Gasteiger partial charge in [-0.15, -0.1) is 0 Å². The van der Waals surface area contributed by atoms with Crippen molar-refractivity contribution in [3.05, 3.63) is 71.8 Å². The Kier molecular flexibility index (Phi) is 5.58. The highest BCUT2D eigenvalue weighted by Crippen LogP contribution is 2.32. The van der Waals surface area contributed by atoms with Gasteiger partial charge in [-0.1, -0.05) is 66.6 Å². The van der Waals surface area contributed by atoms with Crippen molar-refractivity contribution < 1.29 is 9.59 Å². The number of piperidine rings is 1. The molecule has 0 amide bonds. The van der Waals surface area contributed by atoms with Crippen molar-refractivity contribution in [3.63, 3.8) is 0 Å². The fourth-order valence-corrected chi connectivity index (χ4v) is 3.67. The molecule has 0 unspecified atom stereocenters. The highest BCUT2D eigenvalue weighted by Gasteiger charge is 2.30. The summed E-state index contributed by atoms with van der Waals surface area (Å²) in [6, 6.07) is 19.7. The summed E-state index contributed by atoms with van der Waals surface area (Å²) in [4.78, 5) is 0. The van der Waals surface area contributed by atoms with E-state index in [1.54, 1.807) is 0 Å². The first-order valence-electron chi connectivity index (χ1n) is 9.25. The highest BCUT2D eigenvalue weighted by molar-refractivity contribution is 5.37. The van der Waals surface area contributed by atoms with E-state index < -0.39 is 5.60 Å². The van der Waals surface area contributed by atoms with Crippen LogP contribution in [0.4, 0.5) is 0 Å². The summed E-state index contributed by atoms with van der Waals surface area (Å²) in [5, 5.41) is 11.4. The zero-order valence-corrected chi connectivity index (χ0v) is 15.1. The molecular formula is C23H28NO+. The van der Waals surface area contributed by atoms with Crippen LogP contribution in [0, 0.1) is 11.8 Å². The Hall–Kier alpha value is -2.08. The van der Waals surface area contributed by atoms with Crippen LogP contribution in [0.5, 0.6) is 0 Å². The molecule has 1 aliphatic heterocycles. The lowest BCUT2D eigenvalue weighted by molar-refractivity contribution is -0.907. The predicted octanol–water partition coefficient (Wildman–Crippen LogP) is 3.95. The van der Waals surface area contributed by atoms with Gasteiger partial charge in [-0.05, 0) is 36.3 Å². The Balaban J connectivity index is 1.79. The van der Waals surface area contributed by atoms with Crippen molar-refractivity contribution in [3.8, 4) is 11.8 Å². The van der Waals surface area contributed by atoms with E-state index in [1.807, 2.05) is 60.7 Å². The summed E-state index contributed by atoms with van der Waals surface area (Å²) in [6.07, 6.45) is 4.37. The molecule has 1 aliphatic rings. The highest BCUT2D eigenvalue weighted by atomic mass is 16.3. The maximum atomic E-state index is 11.4. The summed E-state index contributed by atoms with van der Waals surface area (Å²) in [5.74, 6) is 6.63. The average molecular weight is 334 g/mol. The van der Waals surface area contributed by atoms with Gasteiger partial charge in [0.1, 0.15) is 12.1 Å². The van der Waals surface area contributed by atoms with Crippen molar-refractivity contribution in [1.29, 1.82) is 0 Å². The minimum absolute atomic E-state index is 0.418. The maximum Gasteiger partial charge on any atom is 0.140 e. The molecule has 1 fully saturated rings. The molecule has 2 nitrogen and oxygen atoms in total. The molecule has 25 heavy (non-hydrogen) atoms. The monoisotopic (exact) mass is 334 g/mol. The first-order valence-corrected chi connectivity index (χ1v) is 9.25. The first-order chi connectivity index (χ1) is 12.1. The quantitative estimate of drug-likeness (QED) is 0.663. The second-order valence-corrected chi connectivity index (χ2v) is 7.41. The lowest BCUT2D eigenvalue weighted by atomic mass is 9.84. The summed E-state index contributed by atoms with van der Waals surface area (Å²) >= 11 is 0. The molecule has 0 spiro atoms. The maximum absolute atomic E-state index is 11.4. The largest absolute Gasteiger partial charge is 0.379 e. The van der Waals surface area contributed by atoms with Crippen LogP contribution in [0.2, 0.25) is 0 Å². The second-order valence-electron chi connectivity index (χ2n) is 7.41. The summed E-state index contributed by atoms with van der Waals surface area (Å²) in [5.41, 5.74) is 0.735. The third-order valence-corrected chi connectivity index (χ3v) is 5.33. The van der Waals surface area contributed by atoms with E-state index in [9.17, 15) is 5.11 Å². The van der Waals surface area contributed by atoms with Gasteiger partial charge in [0.15, 0.2) is 0 Å². The molecule has 1 heterocycles. The molecule has 1 N–H and O–H groups in total. The molecule has 2 aromatic carbocycles. The van der Waals surface area contributed by atoms with E-state index in [-0.39, 0.29) is 0 Å².